The van der Waals surface area contributed by atoms with E-state index >= 15 is 0 Å². The van der Waals surface area contributed by atoms with Crippen LogP contribution in [0.25, 0.3) is 5.69 Å². The molecule has 100 valence electrons. The van der Waals surface area contributed by atoms with E-state index in [1.165, 1.54) is 11.8 Å². The fourth-order valence-corrected chi connectivity index (χ4v) is 2.90. The van der Waals surface area contributed by atoms with Crippen LogP contribution in [0.2, 0.25) is 0 Å². The number of rotatable bonds is 4. The van der Waals surface area contributed by atoms with Crippen LogP contribution in [0.1, 0.15) is 11.3 Å². The lowest BCUT2D eigenvalue weighted by atomic mass is 10.2. The maximum Gasteiger partial charge on any atom is 0.313 e. The Kier molecular flexibility index (Phi) is 4.31. The molecule has 2 rings (SSSR count). The number of thioether (sulfide) groups is 1. The molecule has 19 heavy (non-hydrogen) atoms. The van der Waals surface area contributed by atoms with Gasteiger partial charge in [-0.2, -0.15) is 0 Å². The Morgan fingerprint density at radius 2 is 2.21 bits per heavy atom. The number of carboxylic acid groups (broad SMARTS) is 1. The second-order valence-corrected chi connectivity index (χ2v) is 5.86. The third-order valence-electron chi connectivity index (χ3n) is 2.55. The van der Waals surface area contributed by atoms with E-state index in [0.29, 0.717) is 5.16 Å². The Bertz CT molecular complexity index is 625. The number of aliphatic carboxylic acids is 1. The Morgan fingerprint density at radius 3 is 2.89 bits per heavy atom. The summed E-state index contributed by atoms with van der Waals surface area (Å²) in [4.78, 5) is 15.1. The van der Waals surface area contributed by atoms with E-state index in [1.807, 2.05) is 42.8 Å². The number of benzene rings is 1. The lowest BCUT2D eigenvalue weighted by Crippen LogP contribution is -2.02. The van der Waals surface area contributed by atoms with Crippen LogP contribution in [0.15, 0.2) is 34.0 Å². The van der Waals surface area contributed by atoms with Gasteiger partial charge < -0.3 is 5.11 Å². The lowest BCUT2D eigenvalue weighted by Gasteiger charge is -2.10. The van der Waals surface area contributed by atoms with E-state index in [-0.39, 0.29) is 5.75 Å². The van der Waals surface area contributed by atoms with Crippen molar-refractivity contribution >= 4 is 33.7 Å². The molecule has 0 saturated heterocycles. The standard InChI is InChI=1S/C13H13BrN2O2S/c1-8-4-3-5-10(12(8)14)16-6-9(2)15-13(16)19-7-11(17)18/h3-6H,7H2,1-2H3,(H,17,18). The van der Waals surface area contributed by atoms with E-state index in [4.69, 9.17) is 5.11 Å². The molecule has 0 bridgehead atoms. The average Bonchev–Trinajstić information content (AvgIpc) is 2.71. The van der Waals surface area contributed by atoms with Crippen molar-refractivity contribution in [3.8, 4) is 5.69 Å². The number of nitrogens with zero attached hydrogens (tertiary/aromatic N) is 2. The average molecular weight is 341 g/mol. The molecule has 1 heterocycles. The smallest absolute Gasteiger partial charge is 0.313 e. The molecule has 1 N–H and O–H groups in total. The van der Waals surface area contributed by atoms with Crippen LogP contribution in [0.4, 0.5) is 0 Å². The lowest BCUT2D eigenvalue weighted by molar-refractivity contribution is -0.133. The Labute approximate surface area is 124 Å². The number of hydrogen-bond acceptors (Lipinski definition) is 3. The molecule has 0 radical (unpaired) electrons. The number of aryl methyl sites for hydroxylation is 2. The molecule has 2 aromatic rings. The molecule has 1 aromatic heterocycles. The first-order chi connectivity index (χ1) is 8.99. The van der Waals surface area contributed by atoms with Gasteiger partial charge in [-0.3, -0.25) is 9.36 Å². The molecule has 0 unspecified atom stereocenters. The Morgan fingerprint density at radius 1 is 1.47 bits per heavy atom. The first-order valence-electron chi connectivity index (χ1n) is 5.65. The summed E-state index contributed by atoms with van der Waals surface area (Å²) >= 11 is 4.78. The zero-order valence-corrected chi connectivity index (χ0v) is 13.0. The molecular formula is C13H13BrN2O2S. The van der Waals surface area contributed by atoms with Crippen molar-refractivity contribution in [2.75, 3.05) is 5.75 Å². The fraction of sp³-hybridized carbons (Fsp3) is 0.231. The second kappa shape index (κ2) is 5.79. The molecular weight excluding hydrogens is 328 g/mol. The molecule has 0 saturated carbocycles. The summed E-state index contributed by atoms with van der Waals surface area (Å²) < 4.78 is 2.91. The van der Waals surface area contributed by atoms with Gasteiger partial charge in [0.1, 0.15) is 0 Å². The van der Waals surface area contributed by atoms with Gasteiger partial charge in [-0.1, -0.05) is 23.9 Å². The summed E-state index contributed by atoms with van der Waals surface area (Å²) in [6, 6.07) is 5.96. The molecule has 0 amide bonds. The van der Waals surface area contributed by atoms with Crippen LogP contribution in [0.3, 0.4) is 0 Å². The minimum absolute atomic E-state index is 0.000111. The predicted molar refractivity (Wildman–Crippen MR) is 79.1 cm³/mol. The summed E-state index contributed by atoms with van der Waals surface area (Å²) in [7, 11) is 0. The van der Waals surface area contributed by atoms with Crippen LogP contribution in [0, 0.1) is 13.8 Å². The molecule has 0 atom stereocenters. The van der Waals surface area contributed by atoms with E-state index < -0.39 is 5.97 Å². The van der Waals surface area contributed by atoms with Gasteiger partial charge in [0, 0.05) is 10.7 Å². The monoisotopic (exact) mass is 340 g/mol. The minimum Gasteiger partial charge on any atom is -0.481 e. The Hall–Kier alpha value is -1.27. The van der Waals surface area contributed by atoms with E-state index in [9.17, 15) is 4.79 Å². The first kappa shape index (κ1) is 14.1. The van der Waals surface area contributed by atoms with Gasteiger partial charge >= 0.3 is 5.97 Å². The van der Waals surface area contributed by atoms with Crippen molar-refractivity contribution in [2.24, 2.45) is 0 Å². The van der Waals surface area contributed by atoms with Gasteiger partial charge in [0.2, 0.25) is 0 Å². The van der Waals surface area contributed by atoms with Gasteiger partial charge in [-0.05, 0) is 41.4 Å². The van der Waals surface area contributed by atoms with Gasteiger partial charge in [-0.25, -0.2) is 4.98 Å². The number of imidazole rings is 1. The molecule has 1 aromatic carbocycles. The third-order valence-corrected chi connectivity index (χ3v) is 4.52. The van der Waals surface area contributed by atoms with Crippen molar-refractivity contribution in [1.29, 1.82) is 0 Å². The van der Waals surface area contributed by atoms with Crippen molar-refractivity contribution < 1.29 is 9.90 Å². The summed E-state index contributed by atoms with van der Waals surface area (Å²) in [6.45, 7) is 3.91. The van der Waals surface area contributed by atoms with Crippen molar-refractivity contribution in [3.05, 3.63) is 40.1 Å². The van der Waals surface area contributed by atoms with Crippen LogP contribution >= 0.6 is 27.7 Å². The number of aromatic nitrogens is 2. The van der Waals surface area contributed by atoms with Crippen molar-refractivity contribution in [2.45, 2.75) is 19.0 Å². The zero-order valence-electron chi connectivity index (χ0n) is 10.6. The molecule has 6 heteroatoms. The maximum atomic E-state index is 10.7. The fourth-order valence-electron chi connectivity index (χ4n) is 1.69. The molecule has 0 aliphatic heterocycles. The summed E-state index contributed by atoms with van der Waals surface area (Å²) in [6.07, 6.45) is 1.91. The van der Waals surface area contributed by atoms with Crippen LogP contribution in [0.5, 0.6) is 0 Å². The highest BCUT2D eigenvalue weighted by Gasteiger charge is 2.13. The predicted octanol–water partition coefficient (Wildman–Crippen LogP) is 3.43. The van der Waals surface area contributed by atoms with Crippen LogP contribution < -0.4 is 0 Å². The van der Waals surface area contributed by atoms with Crippen LogP contribution in [-0.4, -0.2) is 26.4 Å². The molecule has 0 spiro atoms. The highest BCUT2D eigenvalue weighted by atomic mass is 79.9. The summed E-state index contributed by atoms with van der Waals surface area (Å²) in [5, 5.41) is 9.46. The topological polar surface area (TPSA) is 55.1 Å². The van der Waals surface area contributed by atoms with E-state index in [2.05, 4.69) is 20.9 Å². The number of carbonyl (C=O) groups is 1. The van der Waals surface area contributed by atoms with Crippen molar-refractivity contribution in [1.82, 2.24) is 9.55 Å². The largest absolute Gasteiger partial charge is 0.481 e. The normalized spacial score (nSPS) is 10.7. The molecule has 0 fully saturated rings. The van der Waals surface area contributed by atoms with Gasteiger partial charge in [0.15, 0.2) is 5.16 Å². The molecule has 4 nitrogen and oxygen atoms in total. The second-order valence-electron chi connectivity index (χ2n) is 4.13. The van der Waals surface area contributed by atoms with E-state index in [0.717, 1.165) is 21.4 Å². The van der Waals surface area contributed by atoms with Crippen molar-refractivity contribution in [3.63, 3.8) is 0 Å². The minimum atomic E-state index is -0.847. The SMILES string of the molecule is Cc1cn(-c2cccc(C)c2Br)c(SCC(=O)O)n1. The Balaban J connectivity index is 2.44. The van der Waals surface area contributed by atoms with Gasteiger partial charge in [-0.15, -0.1) is 0 Å². The summed E-state index contributed by atoms with van der Waals surface area (Å²) in [5.74, 6) is -0.847. The first-order valence-corrected chi connectivity index (χ1v) is 7.43. The van der Waals surface area contributed by atoms with Crippen LogP contribution in [-0.2, 0) is 4.79 Å². The summed E-state index contributed by atoms with van der Waals surface area (Å²) in [5.41, 5.74) is 2.95. The third kappa shape index (κ3) is 3.19. The highest BCUT2D eigenvalue weighted by molar-refractivity contribution is 9.10. The van der Waals surface area contributed by atoms with E-state index in [1.54, 1.807) is 0 Å². The molecule has 0 aliphatic rings. The van der Waals surface area contributed by atoms with Gasteiger partial charge in [0.25, 0.3) is 0 Å². The number of halogens is 1. The zero-order chi connectivity index (χ0) is 14.0. The molecule has 0 aliphatic carbocycles. The number of carboxylic acids is 1. The quantitative estimate of drug-likeness (QED) is 0.866. The van der Waals surface area contributed by atoms with Gasteiger partial charge in [0.05, 0.1) is 17.1 Å². The number of hydrogen-bond donors (Lipinski definition) is 1. The highest BCUT2D eigenvalue weighted by Crippen LogP contribution is 2.29. The maximum absolute atomic E-state index is 10.7.